The molecule has 122 valence electrons. The van der Waals surface area contributed by atoms with Crippen molar-refractivity contribution >= 4 is 10.9 Å². The van der Waals surface area contributed by atoms with E-state index in [1.54, 1.807) is 0 Å². The van der Waals surface area contributed by atoms with Crippen LogP contribution < -0.4 is 10.6 Å². The maximum absolute atomic E-state index is 5.81. The number of hydrogen-bond donors (Lipinski definition) is 3. The monoisotopic (exact) mass is 319 g/mol. The Hall–Kier alpha value is -2.14. The van der Waals surface area contributed by atoms with Gasteiger partial charge in [-0.2, -0.15) is 0 Å². The molecule has 1 fully saturated rings. The average Bonchev–Trinajstić information content (AvgIpc) is 3.25. The normalized spacial score (nSPS) is 22.0. The summed E-state index contributed by atoms with van der Waals surface area (Å²) in [5, 5.41) is 8.05. The van der Waals surface area contributed by atoms with Crippen molar-refractivity contribution in [3.8, 4) is 11.3 Å². The third kappa shape index (κ3) is 2.18. The van der Waals surface area contributed by atoms with Crippen molar-refractivity contribution in [2.75, 3.05) is 13.6 Å². The number of fused-ring (bicyclic) bond motifs is 2. The highest BCUT2D eigenvalue weighted by Gasteiger charge is 2.42. The van der Waals surface area contributed by atoms with Crippen LogP contribution in [0.4, 0.5) is 0 Å². The van der Waals surface area contributed by atoms with Crippen molar-refractivity contribution in [2.45, 2.75) is 25.3 Å². The van der Waals surface area contributed by atoms with Gasteiger partial charge < -0.3 is 15.0 Å². The SMILES string of the molecule is CNCc1ccc(-c2[nH]c3cccc4c3c2CCNC2OC42)cc1. The maximum Gasteiger partial charge on any atom is 0.140 e. The Morgan fingerprint density at radius 1 is 1.17 bits per heavy atom. The topological polar surface area (TPSA) is 52.4 Å². The average molecular weight is 319 g/mol. The van der Waals surface area contributed by atoms with Gasteiger partial charge in [-0.05, 0) is 41.8 Å². The zero-order chi connectivity index (χ0) is 16.1. The number of aromatic amines is 1. The molecule has 2 aliphatic rings. The fourth-order valence-corrected chi connectivity index (χ4v) is 3.92. The van der Waals surface area contributed by atoms with Gasteiger partial charge in [0.1, 0.15) is 12.3 Å². The van der Waals surface area contributed by atoms with Gasteiger partial charge in [-0.1, -0.05) is 36.4 Å². The van der Waals surface area contributed by atoms with Gasteiger partial charge in [0, 0.05) is 29.7 Å². The summed E-state index contributed by atoms with van der Waals surface area (Å²) in [7, 11) is 1.98. The van der Waals surface area contributed by atoms with Crippen molar-refractivity contribution < 1.29 is 4.74 Å². The van der Waals surface area contributed by atoms with E-state index < -0.39 is 0 Å². The van der Waals surface area contributed by atoms with E-state index in [1.807, 2.05) is 7.05 Å². The first kappa shape index (κ1) is 14.2. The Kier molecular flexibility index (Phi) is 3.23. The molecule has 1 aromatic heterocycles. The molecule has 3 heterocycles. The molecular formula is C20H21N3O. The van der Waals surface area contributed by atoms with Crippen molar-refractivity contribution in [3.63, 3.8) is 0 Å². The minimum atomic E-state index is 0.197. The highest BCUT2D eigenvalue weighted by molar-refractivity contribution is 5.94. The quantitative estimate of drug-likeness (QED) is 0.650. The van der Waals surface area contributed by atoms with E-state index in [1.165, 1.54) is 38.9 Å². The molecule has 2 aliphatic heterocycles. The lowest BCUT2D eigenvalue weighted by Crippen LogP contribution is -2.22. The van der Waals surface area contributed by atoms with Gasteiger partial charge in [-0.15, -0.1) is 0 Å². The predicted molar refractivity (Wildman–Crippen MR) is 95.8 cm³/mol. The summed E-state index contributed by atoms with van der Waals surface area (Å²) in [5.41, 5.74) is 7.73. The molecule has 0 aliphatic carbocycles. The summed E-state index contributed by atoms with van der Waals surface area (Å²) in [4.78, 5) is 3.66. The third-order valence-electron chi connectivity index (χ3n) is 5.10. The van der Waals surface area contributed by atoms with E-state index in [0.717, 1.165) is 19.5 Å². The smallest absolute Gasteiger partial charge is 0.140 e. The molecule has 0 saturated carbocycles. The Labute approximate surface area is 141 Å². The Morgan fingerprint density at radius 3 is 2.88 bits per heavy atom. The lowest BCUT2D eigenvalue weighted by molar-refractivity contribution is 0.349. The molecule has 0 spiro atoms. The molecule has 2 aromatic carbocycles. The molecule has 5 rings (SSSR count). The first-order chi connectivity index (χ1) is 11.8. The van der Waals surface area contributed by atoms with Gasteiger partial charge in [0.2, 0.25) is 0 Å². The summed E-state index contributed by atoms with van der Waals surface area (Å²) < 4.78 is 5.81. The second kappa shape index (κ2) is 5.45. The van der Waals surface area contributed by atoms with Gasteiger partial charge in [-0.25, -0.2) is 0 Å². The van der Waals surface area contributed by atoms with Crippen LogP contribution in [0.25, 0.3) is 22.2 Å². The number of hydrogen-bond acceptors (Lipinski definition) is 3. The Bertz CT molecular complexity index is 897. The lowest BCUT2D eigenvalue weighted by Gasteiger charge is -2.11. The van der Waals surface area contributed by atoms with Crippen LogP contribution >= 0.6 is 0 Å². The van der Waals surface area contributed by atoms with Gasteiger partial charge in [0.25, 0.3) is 0 Å². The van der Waals surface area contributed by atoms with Crippen LogP contribution in [0.1, 0.15) is 22.8 Å². The number of H-pyrrole nitrogens is 1. The van der Waals surface area contributed by atoms with Crippen LogP contribution in [0.15, 0.2) is 42.5 Å². The summed E-state index contributed by atoms with van der Waals surface area (Å²) in [6.45, 7) is 1.85. The van der Waals surface area contributed by atoms with Crippen LogP contribution in [0.3, 0.4) is 0 Å². The van der Waals surface area contributed by atoms with Crippen molar-refractivity contribution in [1.82, 2.24) is 15.6 Å². The van der Waals surface area contributed by atoms with Gasteiger partial charge in [0.05, 0.1) is 0 Å². The van der Waals surface area contributed by atoms with E-state index in [4.69, 9.17) is 4.74 Å². The van der Waals surface area contributed by atoms with Gasteiger partial charge in [0.15, 0.2) is 0 Å². The third-order valence-corrected chi connectivity index (χ3v) is 5.10. The lowest BCUT2D eigenvalue weighted by atomic mass is 9.96. The van der Waals surface area contributed by atoms with Gasteiger partial charge in [-0.3, -0.25) is 5.32 Å². The first-order valence-corrected chi connectivity index (χ1v) is 8.61. The maximum atomic E-state index is 5.81. The van der Waals surface area contributed by atoms with E-state index in [-0.39, 0.29) is 12.3 Å². The number of ether oxygens (including phenoxy) is 1. The molecular weight excluding hydrogens is 298 g/mol. The van der Waals surface area contributed by atoms with Gasteiger partial charge >= 0.3 is 0 Å². The number of rotatable bonds is 3. The van der Waals surface area contributed by atoms with E-state index in [9.17, 15) is 0 Å². The molecule has 0 amide bonds. The summed E-state index contributed by atoms with van der Waals surface area (Å²) in [6.07, 6.45) is 1.41. The molecule has 3 N–H and O–H groups in total. The van der Waals surface area contributed by atoms with Crippen LogP contribution in [0, 0.1) is 0 Å². The Morgan fingerprint density at radius 2 is 2.04 bits per heavy atom. The summed E-state index contributed by atoms with van der Waals surface area (Å²) >= 11 is 0. The molecule has 1 saturated heterocycles. The Balaban J connectivity index is 1.67. The van der Waals surface area contributed by atoms with Crippen LogP contribution in [0.5, 0.6) is 0 Å². The standard InChI is InChI=1S/C20H21N3O/c1-21-11-12-5-7-13(8-6-12)18-14-9-10-22-20-19(24-20)15-3-2-4-16(23-18)17(14)15/h2-8,19-23H,9-11H2,1H3. The predicted octanol–water partition coefficient (Wildman–Crippen LogP) is 3.10. The van der Waals surface area contributed by atoms with E-state index in [0.29, 0.717) is 0 Å². The van der Waals surface area contributed by atoms with Crippen molar-refractivity contribution in [3.05, 3.63) is 59.2 Å². The van der Waals surface area contributed by atoms with Crippen molar-refractivity contribution in [1.29, 1.82) is 0 Å². The zero-order valence-electron chi connectivity index (χ0n) is 13.7. The second-order valence-corrected chi connectivity index (χ2v) is 6.66. The molecule has 4 nitrogen and oxygen atoms in total. The van der Waals surface area contributed by atoms with E-state index >= 15 is 0 Å². The van der Waals surface area contributed by atoms with Crippen LogP contribution in [-0.4, -0.2) is 24.8 Å². The number of aromatic nitrogens is 1. The number of nitrogens with one attached hydrogen (secondary N) is 3. The summed E-state index contributed by atoms with van der Waals surface area (Å²) in [6, 6.07) is 15.3. The first-order valence-electron chi connectivity index (χ1n) is 8.61. The number of benzene rings is 2. The van der Waals surface area contributed by atoms with E-state index in [2.05, 4.69) is 58.1 Å². The molecule has 0 bridgehead atoms. The van der Waals surface area contributed by atoms with Crippen LogP contribution in [0.2, 0.25) is 0 Å². The molecule has 4 heteroatoms. The fraction of sp³-hybridized carbons (Fsp3) is 0.300. The fourth-order valence-electron chi connectivity index (χ4n) is 3.92. The largest absolute Gasteiger partial charge is 0.354 e. The van der Waals surface area contributed by atoms with Crippen LogP contribution in [-0.2, 0) is 17.7 Å². The zero-order valence-corrected chi connectivity index (χ0v) is 13.7. The second-order valence-electron chi connectivity index (χ2n) is 6.66. The van der Waals surface area contributed by atoms with Crippen molar-refractivity contribution in [2.24, 2.45) is 0 Å². The number of epoxide rings is 1. The summed E-state index contributed by atoms with van der Waals surface area (Å²) in [5.74, 6) is 0. The minimum Gasteiger partial charge on any atom is -0.354 e. The highest BCUT2D eigenvalue weighted by atomic mass is 16.6. The molecule has 0 radical (unpaired) electrons. The molecule has 2 atom stereocenters. The molecule has 2 unspecified atom stereocenters. The molecule has 3 aromatic rings. The minimum absolute atomic E-state index is 0.197. The highest BCUT2D eigenvalue weighted by Crippen LogP contribution is 2.44. The molecule has 24 heavy (non-hydrogen) atoms.